The number of carbonyl (C=O) groups excluding carboxylic acids is 2. The van der Waals surface area contributed by atoms with Gasteiger partial charge in [0.2, 0.25) is 5.91 Å². The Morgan fingerprint density at radius 1 is 0.972 bits per heavy atom. The van der Waals surface area contributed by atoms with Crippen molar-refractivity contribution in [3.63, 3.8) is 0 Å². The SMILES string of the molecule is CC(=O)N1CCCCCCCN(CCC(C)C)Cc2cc(C(=O)NCCOc3ccccc3)ccc21. The molecule has 6 heteroatoms. The van der Waals surface area contributed by atoms with Crippen LogP contribution in [0.15, 0.2) is 48.5 Å². The molecule has 0 saturated heterocycles. The summed E-state index contributed by atoms with van der Waals surface area (Å²) in [5, 5.41) is 2.97. The second-order valence-corrected chi connectivity index (χ2v) is 10.2. The molecule has 0 aromatic heterocycles. The lowest BCUT2D eigenvalue weighted by atomic mass is 10.0. The number of benzene rings is 2. The maximum Gasteiger partial charge on any atom is 0.251 e. The number of hydrogen-bond acceptors (Lipinski definition) is 4. The topological polar surface area (TPSA) is 61.9 Å². The van der Waals surface area contributed by atoms with Gasteiger partial charge in [-0.15, -0.1) is 0 Å². The maximum atomic E-state index is 13.0. The van der Waals surface area contributed by atoms with Crippen LogP contribution in [0.1, 0.15) is 75.2 Å². The first-order chi connectivity index (χ1) is 17.4. The quantitative estimate of drug-likeness (QED) is 0.482. The number of anilines is 1. The third-order valence-corrected chi connectivity index (χ3v) is 6.68. The van der Waals surface area contributed by atoms with Crippen LogP contribution < -0.4 is 15.0 Å². The summed E-state index contributed by atoms with van der Waals surface area (Å²) in [6, 6.07) is 15.4. The predicted molar refractivity (Wildman–Crippen MR) is 147 cm³/mol. The lowest BCUT2D eigenvalue weighted by Gasteiger charge is -2.29. The van der Waals surface area contributed by atoms with E-state index in [2.05, 4.69) is 24.1 Å². The highest BCUT2D eigenvalue weighted by atomic mass is 16.5. The molecule has 0 unspecified atom stereocenters. The molecule has 1 aliphatic heterocycles. The monoisotopic (exact) mass is 493 g/mol. The summed E-state index contributed by atoms with van der Waals surface area (Å²) in [5.74, 6) is 1.35. The first kappa shape index (κ1) is 27.7. The zero-order chi connectivity index (χ0) is 25.8. The number of ether oxygens (including phenoxy) is 1. The summed E-state index contributed by atoms with van der Waals surface area (Å²) in [7, 11) is 0. The lowest BCUT2D eigenvalue weighted by Crippen LogP contribution is -2.33. The summed E-state index contributed by atoms with van der Waals surface area (Å²) in [6.07, 6.45) is 6.89. The van der Waals surface area contributed by atoms with Crippen molar-refractivity contribution in [1.29, 1.82) is 0 Å². The Morgan fingerprint density at radius 2 is 1.69 bits per heavy atom. The van der Waals surface area contributed by atoms with E-state index in [-0.39, 0.29) is 11.8 Å². The largest absolute Gasteiger partial charge is 0.492 e. The lowest BCUT2D eigenvalue weighted by molar-refractivity contribution is -0.116. The molecule has 6 nitrogen and oxygen atoms in total. The predicted octanol–water partition coefficient (Wildman–Crippen LogP) is 5.66. The third-order valence-electron chi connectivity index (χ3n) is 6.68. The van der Waals surface area contributed by atoms with Crippen LogP contribution in [0.5, 0.6) is 5.75 Å². The fourth-order valence-electron chi connectivity index (χ4n) is 4.60. The van der Waals surface area contributed by atoms with Crippen molar-refractivity contribution in [2.45, 2.75) is 65.8 Å². The van der Waals surface area contributed by atoms with Gasteiger partial charge in [0, 0.05) is 31.3 Å². The molecule has 196 valence electrons. The van der Waals surface area contributed by atoms with Crippen LogP contribution in [0.2, 0.25) is 0 Å². The summed E-state index contributed by atoms with van der Waals surface area (Å²) in [6.45, 7) is 10.5. The number of carbonyl (C=O) groups is 2. The van der Waals surface area contributed by atoms with Crippen LogP contribution in [0.25, 0.3) is 0 Å². The molecule has 0 spiro atoms. The van der Waals surface area contributed by atoms with Crippen molar-refractivity contribution in [2.75, 3.05) is 37.7 Å². The van der Waals surface area contributed by atoms with Gasteiger partial charge in [-0.05, 0) is 74.2 Å². The molecule has 2 amide bonds. The Hall–Kier alpha value is -2.86. The van der Waals surface area contributed by atoms with Gasteiger partial charge >= 0.3 is 0 Å². The summed E-state index contributed by atoms with van der Waals surface area (Å²) >= 11 is 0. The Morgan fingerprint density at radius 3 is 2.42 bits per heavy atom. The zero-order valence-electron chi connectivity index (χ0n) is 22.3. The van der Waals surface area contributed by atoms with Crippen molar-refractivity contribution in [3.05, 3.63) is 59.7 Å². The molecule has 3 rings (SSSR count). The minimum atomic E-state index is -0.122. The molecule has 1 aliphatic rings. The van der Waals surface area contributed by atoms with E-state index >= 15 is 0 Å². The molecule has 0 fully saturated rings. The van der Waals surface area contributed by atoms with Gasteiger partial charge in [-0.3, -0.25) is 14.5 Å². The number of para-hydroxylation sites is 1. The average Bonchev–Trinajstić information content (AvgIpc) is 2.86. The zero-order valence-corrected chi connectivity index (χ0v) is 22.3. The number of nitrogens with one attached hydrogen (secondary N) is 1. The molecule has 0 bridgehead atoms. The van der Waals surface area contributed by atoms with Gasteiger partial charge in [0.15, 0.2) is 0 Å². The molecular formula is C30H43N3O3. The van der Waals surface area contributed by atoms with Crippen LogP contribution >= 0.6 is 0 Å². The van der Waals surface area contributed by atoms with E-state index in [1.54, 1.807) is 6.92 Å². The Bertz CT molecular complexity index is 961. The highest BCUT2D eigenvalue weighted by molar-refractivity contribution is 5.97. The van der Waals surface area contributed by atoms with Gasteiger partial charge in [0.1, 0.15) is 12.4 Å². The van der Waals surface area contributed by atoms with E-state index in [0.29, 0.717) is 24.6 Å². The highest BCUT2D eigenvalue weighted by Crippen LogP contribution is 2.26. The van der Waals surface area contributed by atoms with Gasteiger partial charge < -0.3 is 15.0 Å². The van der Waals surface area contributed by atoms with Crippen LogP contribution in [0, 0.1) is 5.92 Å². The van der Waals surface area contributed by atoms with E-state index < -0.39 is 0 Å². The first-order valence-electron chi connectivity index (χ1n) is 13.5. The normalized spacial score (nSPS) is 15.5. The van der Waals surface area contributed by atoms with Gasteiger partial charge in [0.05, 0.1) is 6.54 Å². The number of rotatable bonds is 8. The van der Waals surface area contributed by atoms with Crippen LogP contribution in [0.3, 0.4) is 0 Å². The minimum Gasteiger partial charge on any atom is -0.492 e. The van der Waals surface area contributed by atoms with Crippen molar-refractivity contribution in [1.82, 2.24) is 10.2 Å². The summed E-state index contributed by atoms with van der Waals surface area (Å²) < 4.78 is 5.70. The highest BCUT2D eigenvalue weighted by Gasteiger charge is 2.20. The number of fused-ring (bicyclic) bond motifs is 1. The molecule has 1 heterocycles. The smallest absolute Gasteiger partial charge is 0.251 e. The standard InChI is InChI=1S/C30H43N3O3/c1-24(2)16-20-32-18-10-5-4-6-11-19-33(25(3)34)29-15-14-26(22-27(29)23-32)30(35)31-17-21-36-28-12-8-7-9-13-28/h7-9,12-15,22,24H,4-6,10-11,16-21,23H2,1-3H3,(H,31,35). The molecule has 0 atom stereocenters. The van der Waals surface area contributed by atoms with E-state index in [4.69, 9.17) is 4.74 Å². The minimum absolute atomic E-state index is 0.0531. The third kappa shape index (κ3) is 8.98. The van der Waals surface area contributed by atoms with Crippen LogP contribution in [-0.4, -0.2) is 49.5 Å². The number of hydrogen-bond donors (Lipinski definition) is 1. The molecule has 2 aromatic carbocycles. The molecule has 0 radical (unpaired) electrons. The van der Waals surface area contributed by atoms with Crippen molar-refractivity contribution in [3.8, 4) is 5.75 Å². The van der Waals surface area contributed by atoms with Gasteiger partial charge in [-0.25, -0.2) is 0 Å². The van der Waals surface area contributed by atoms with Crippen LogP contribution in [-0.2, 0) is 11.3 Å². The fraction of sp³-hybridized carbons (Fsp3) is 0.533. The van der Waals surface area contributed by atoms with E-state index in [0.717, 1.165) is 62.4 Å². The van der Waals surface area contributed by atoms with Gasteiger partial charge in [0.25, 0.3) is 5.91 Å². The molecular weight excluding hydrogens is 450 g/mol. The van der Waals surface area contributed by atoms with E-state index in [1.807, 2.05) is 53.4 Å². The molecule has 2 aromatic rings. The summed E-state index contributed by atoms with van der Waals surface area (Å²) in [5.41, 5.74) is 2.59. The molecule has 0 saturated carbocycles. The maximum absolute atomic E-state index is 13.0. The number of amides is 2. The first-order valence-corrected chi connectivity index (χ1v) is 13.5. The van der Waals surface area contributed by atoms with Crippen LogP contribution in [0.4, 0.5) is 5.69 Å². The summed E-state index contributed by atoms with van der Waals surface area (Å²) in [4.78, 5) is 30.0. The van der Waals surface area contributed by atoms with Crippen molar-refractivity contribution < 1.29 is 14.3 Å². The Labute approximate surface area is 217 Å². The average molecular weight is 494 g/mol. The van der Waals surface area contributed by atoms with E-state index in [1.165, 1.54) is 19.3 Å². The van der Waals surface area contributed by atoms with Crippen molar-refractivity contribution in [2.24, 2.45) is 5.92 Å². The van der Waals surface area contributed by atoms with Gasteiger partial charge in [-0.1, -0.05) is 51.3 Å². The second kappa shape index (κ2) is 14.6. The molecule has 36 heavy (non-hydrogen) atoms. The fourth-order valence-corrected chi connectivity index (χ4v) is 4.60. The molecule has 0 aliphatic carbocycles. The van der Waals surface area contributed by atoms with Crippen molar-refractivity contribution >= 4 is 17.5 Å². The second-order valence-electron chi connectivity index (χ2n) is 10.2. The Kier molecular flexibility index (Phi) is 11.3. The van der Waals surface area contributed by atoms with E-state index in [9.17, 15) is 9.59 Å². The number of nitrogens with zero attached hydrogens (tertiary/aromatic N) is 2. The molecule has 1 N–H and O–H groups in total. The Balaban J connectivity index is 1.76. The van der Waals surface area contributed by atoms with Gasteiger partial charge in [-0.2, -0.15) is 0 Å².